The van der Waals surface area contributed by atoms with Gasteiger partial charge >= 0.3 is 0 Å². The van der Waals surface area contributed by atoms with Crippen molar-refractivity contribution < 1.29 is 27.6 Å². The molecular formula is C26H21Cl2N3O6S. The van der Waals surface area contributed by atoms with Crippen molar-refractivity contribution in [2.45, 2.75) is 18.7 Å². The zero-order chi connectivity index (χ0) is 27.6. The highest BCUT2D eigenvalue weighted by Crippen LogP contribution is 2.41. The largest absolute Gasteiger partial charge is 0.505 e. The number of amides is 1. The average Bonchev–Trinajstić information content (AvgIpc) is 2.86. The maximum Gasteiger partial charge on any atom is 0.296 e. The van der Waals surface area contributed by atoms with E-state index >= 15 is 0 Å². The fraction of sp³-hybridized carbons (Fsp3) is 0.115. The number of anilines is 1. The molecule has 0 aliphatic carbocycles. The number of fused-ring (bicyclic) bond motifs is 1. The molecule has 0 radical (unpaired) electrons. The molecule has 3 N–H and O–H groups in total. The number of phenolic OH excluding ortho intramolecular Hbond substituents is 1. The van der Waals surface area contributed by atoms with Crippen LogP contribution in [-0.4, -0.2) is 30.6 Å². The van der Waals surface area contributed by atoms with E-state index in [1.54, 1.807) is 43.3 Å². The van der Waals surface area contributed by atoms with Crippen LogP contribution in [0.2, 0.25) is 10.0 Å². The monoisotopic (exact) mass is 573 g/mol. The van der Waals surface area contributed by atoms with Crippen LogP contribution in [0.1, 0.15) is 22.8 Å². The molecule has 0 heterocycles. The molecule has 0 aliphatic rings. The van der Waals surface area contributed by atoms with Crippen LogP contribution in [-0.2, 0) is 10.1 Å². The zero-order valence-corrected chi connectivity index (χ0v) is 22.4. The SMILES string of the molecule is CCOc1ccc(Cl)cc1NC(=O)c1cc2ccccc2c(N=Nc2c(S(=O)(=O)O)ccc(Cl)c2C)c1O. The molecular weight excluding hydrogens is 553 g/mol. The molecule has 0 aromatic heterocycles. The van der Waals surface area contributed by atoms with Crippen LogP contribution in [0.25, 0.3) is 10.8 Å². The smallest absolute Gasteiger partial charge is 0.296 e. The first-order chi connectivity index (χ1) is 18.0. The summed E-state index contributed by atoms with van der Waals surface area (Å²) in [5.74, 6) is -0.789. The van der Waals surface area contributed by atoms with Crippen molar-refractivity contribution in [1.82, 2.24) is 0 Å². The molecule has 38 heavy (non-hydrogen) atoms. The molecule has 12 heteroatoms. The molecule has 4 rings (SSSR count). The number of halogens is 2. The lowest BCUT2D eigenvalue weighted by Gasteiger charge is -2.14. The van der Waals surface area contributed by atoms with Gasteiger partial charge in [-0.1, -0.05) is 47.5 Å². The first-order valence-corrected chi connectivity index (χ1v) is 13.4. The summed E-state index contributed by atoms with van der Waals surface area (Å²) in [5.41, 5.74) is 0.113. The maximum absolute atomic E-state index is 13.3. The summed E-state index contributed by atoms with van der Waals surface area (Å²) >= 11 is 12.2. The molecule has 0 aliphatic heterocycles. The summed E-state index contributed by atoms with van der Waals surface area (Å²) in [6.45, 7) is 3.65. The third-order valence-electron chi connectivity index (χ3n) is 5.59. The summed E-state index contributed by atoms with van der Waals surface area (Å²) in [7, 11) is -4.66. The van der Waals surface area contributed by atoms with Crippen molar-refractivity contribution in [2.75, 3.05) is 11.9 Å². The van der Waals surface area contributed by atoms with Gasteiger partial charge in [0, 0.05) is 15.4 Å². The van der Waals surface area contributed by atoms with E-state index in [0.717, 1.165) is 6.07 Å². The Labute approximate surface area is 228 Å². The number of benzene rings is 4. The van der Waals surface area contributed by atoms with E-state index in [9.17, 15) is 22.9 Å². The second-order valence-corrected chi connectivity index (χ2v) is 10.3. The zero-order valence-electron chi connectivity index (χ0n) is 20.1. The minimum Gasteiger partial charge on any atom is -0.505 e. The molecule has 0 spiro atoms. The van der Waals surface area contributed by atoms with Gasteiger partial charge in [0.2, 0.25) is 0 Å². The van der Waals surface area contributed by atoms with Gasteiger partial charge in [-0.2, -0.15) is 8.42 Å². The highest BCUT2D eigenvalue weighted by Gasteiger charge is 2.22. The van der Waals surface area contributed by atoms with Crippen LogP contribution in [0.5, 0.6) is 11.5 Å². The first kappa shape index (κ1) is 27.3. The number of carbonyl (C=O) groups is 1. The fourth-order valence-corrected chi connectivity index (χ4v) is 4.75. The second kappa shape index (κ2) is 11.0. The Balaban J connectivity index is 1.85. The summed E-state index contributed by atoms with van der Waals surface area (Å²) in [4.78, 5) is 12.8. The minimum atomic E-state index is -4.66. The highest BCUT2D eigenvalue weighted by molar-refractivity contribution is 7.86. The quantitative estimate of drug-likeness (QED) is 0.155. The number of aromatic hydroxyl groups is 1. The molecule has 0 unspecified atom stereocenters. The minimum absolute atomic E-state index is 0.0926. The van der Waals surface area contributed by atoms with E-state index in [1.807, 2.05) is 0 Å². The lowest BCUT2D eigenvalue weighted by Crippen LogP contribution is -2.13. The predicted molar refractivity (Wildman–Crippen MR) is 146 cm³/mol. The van der Waals surface area contributed by atoms with Gasteiger partial charge in [0.05, 0.1) is 17.9 Å². The molecule has 4 aromatic carbocycles. The van der Waals surface area contributed by atoms with Crippen LogP contribution in [0.3, 0.4) is 0 Å². The van der Waals surface area contributed by atoms with Crippen LogP contribution < -0.4 is 10.1 Å². The molecule has 0 saturated carbocycles. The van der Waals surface area contributed by atoms with Gasteiger partial charge in [-0.25, -0.2) is 0 Å². The van der Waals surface area contributed by atoms with Gasteiger partial charge < -0.3 is 15.2 Å². The molecule has 0 bridgehead atoms. The topological polar surface area (TPSA) is 138 Å². The Hall–Kier alpha value is -3.70. The Morgan fingerprint density at radius 2 is 1.74 bits per heavy atom. The average molecular weight is 574 g/mol. The van der Waals surface area contributed by atoms with E-state index in [2.05, 4.69) is 15.5 Å². The van der Waals surface area contributed by atoms with Crippen LogP contribution in [0, 0.1) is 6.92 Å². The number of azo groups is 1. The van der Waals surface area contributed by atoms with Gasteiger partial charge in [-0.15, -0.1) is 10.2 Å². The van der Waals surface area contributed by atoms with E-state index in [-0.39, 0.29) is 27.5 Å². The lowest BCUT2D eigenvalue weighted by atomic mass is 10.0. The number of nitrogens with zero attached hydrogens (tertiary/aromatic N) is 2. The number of hydrogen-bond donors (Lipinski definition) is 3. The summed E-state index contributed by atoms with van der Waals surface area (Å²) in [6, 6.07) is 15.5. The third kappa shape index (κ3) is 5.58. The van der Waals surface area contributed by atoms with Crippen molar-refractivity contribution in [3.8, 4) is 11.5 Å². The number of carbonyl (C=O) groups excluding carboxylic acids is 1. The van der Waals surface area contributed by atoms with Crippen LogP contribution >= 0.6 is 23.2 Å². The Bertz CT molecular complexity index is 1710. The number of phenols is 1. The molecule has 9 nitrogen and oxygen atoms in total. The summed E-state index contributed by atoms with van der Waals surface area (Å²) in [6.07, 6.45) is 0. The van der Waals surface area contributed by atoms with Crippen LogP contribution in [0.15, 0.2) is 75.8 Å². The van der Waals surface area contributed by atoms with Gasteiger partial charge in [0.1, 0.15) is 22.0 Å². The maximum atomic E-state index is 13.3. The first-order valence-electron chi connectivity index (χ1n) is 11.2. The summed E-state index contributed by atoms with van der Waals surface area (Å²) in [5, 5.41) is 23.5. The number of nitrogens with one attached hydrogen (secondary N) is 1. The number of ether oxygens (including phenoxy) is 1. The fourth-order valence-electron chi connectivity index (χ4n) is 3.75. The summed E-state index contributed by atoms with van der Waals surface area (Å²) < 4.78 is 39.0. The second-order valence-electron chi connectivity index (χ2n) is 8.06. The van der Waals surface area contributed by atoms with Crippen LogP contribution in [0.4, 0.5) is 17.1 Å². The Kier molecular flexibility index (Phi) is 7.89. The Morgan fingerprint density at radius 3 is 2.45 bits per heavy atom. The van der Waals surface area contributed by atoms with Crippen molar-refractivity contribution in [2.24, 2.45) is 10.2 Å². The molecule has 1 amide bonds. The normalized spacial score (nSPS) is 11.7. The third-order valence-corrected chi connectivity index (χ3v) is 7.12. The van der Waals surface area contributed by atoms with E-state index in [4.69, 9.17) is 27.9 Å². The van der Waals surface area contributed by atoms with E-state index in [0.29, 0.717) is 33.8 Å². The van der Waals surface area contributed by atoms with E-state index < -0.39 is 26.7 Å². The lowest BCUT2D eigenvalue weighted by molar-refractivity contribution is 0.102. The van der Waals surface area contributed by atoms with Gasteiger partial charge in [-0.05, 0) is 61.2 Å². The highest BCUT2D eigenvalue weighted by atomic mass is 35.5. The molecule has 0 atom stereocenters. The standard InChI is InChI=1S/C26H21Cl2N3O6S/c1-3-37-21-10-8-16(27)13-20(21)29-26(33)18-12-15-6-4-5-7-17(15)24(25(18)32)31-30-23-14(2)19(28)9-11-22(23)38(34,35)36/h4-13,32H,3H2,1-2H3,(H,29,33)(H,34,35,36). The molecule has 0 saturated heterocycles. The van der Waals surface area contributed by atoms with Crippen molar-refractivity contribution in [1.29, 1.82) is 0 Å². The van der Waals surface area contributed by atoms with Crippen molar-refractivity contribution in [3.05, 3.63) is 81.8 Å². The van der Waals surface area contributed by atoms with Crippen molar-refractivity contribution in [3.63, 3.8) is 0 Å². The van der Waals surface area contributed by atoms with Gasteiger partial charge in [0.15, 0.2) is 5.75 Å². The van der Waals surface area contributed by atoms with Gasteiger partial charge in [0.25, 0.3) is 16.0 Å². The molecule has 0 fully saturated rings. The number of rotatable bonds is 7. The van der Waals surface area contributed by atoms with Gasteiger partial charge in [-0.3, -0.25) is 9.35 Å². The predicted octanol–water partition coefficient (Wildman–Crippen LogP) is 7.47. The van der Waals surface area contributed by atoms with E-state index in [1.165, 1.54) is 25.1 Å². The molecule has 4 aromatic rings. The number of hydrogen-bond acceptors (Lipinski definition) is 7. The Morgan fingerprint density at radius 1 is 1.03 bits per heavy atom. The van der Waals surface area contributed by atoms with Crippen molar-refractivity contribution >= 4 is 67.1 Å². The molecule has 196 valence electrons.